The molecular formula is C22H26N6. The second-order valence-electron chi connectivity index (χ2n) is 7.92. The first kappa shape index (κ1) is 17.5. The van der Waals surface area contributed by atoms with Gasteiger partial charge in [0.25, 0.3) is 0 Å². The van der Waals surface area contributed by atoms with E-state index in [0.717, 1.165) is 60.2 Å². The minimum atomic E-state index is 0.562. The Hall–Kier alpha value is -2.57. The Labute approximate surface area is 165 Å². The first-order valence-corrected chi connectivity index (χ1v) is 10.2. The Morgan fingerprint density at radius 3 is 2.86 bits per heavy atom. The maximum absolute atomic E-state index is 4.57. The third kappa shape index (κ3) is 3.34. The number of piperidine rings is 1. The van der Waals surface area contributed by atoms with Gasteiger partial charge in [0, 0.05) is 30.1 Å². The highest BCUT2D eigenvalue weighted by molar-refractivity contribution is 5.82. The maximum atomic E-state index is 4.57. The smallest absolute Gasteiger partial charge is 0.138 e. The van der Waals surface area contributed by atoms with Gasteiger partial charge < -0.3 is 10.6 Å². The SMILES string of the molecule is CC(C1CCNCC1)N1Cc2ncnc(Nc3cnc4ccccc4c3)c2C1. The van der Waals surface area contributed by atoms with Crippen molar-refractivity contribution in [1.29, 1.82) is 0 Å². The van der Waals surface area contributed by atoms with Gasteiger partial charge in [-0.05, 0) is 50.9 Å². The Morgan fingerprint density at radius 2 is 1.96 bits per heavy atom. The normalized spacial score (nSPS) is 18.9. The molecule has 0 saturated carbocycles. The van der Waals surface area contributed by atoms with Gasteiger partial charge in [-0.1, -0.05) is 18.2 Å². The van der Waals surface area contributed by atoms with Crippen LogP contribution in [0, 0.1) is 5.92 Å². The van der Waals surface area contributed by atoms with Crippen LogP contribution in [0.3, 0.4) is 0 Å². The van der Waals surface area contributed by atoms with Crippen LogP contribution in [0.15, 0.2) is 42.9 Å². The molecule has 144 valence electrons. The van der Waals surface area contributed by atoms with Gasteiger partial charge in [-0.2, -0.15) is 0 Å². The number of anilines is 2. The molecule has 2 aromatic heterocycles. The zero-order valence-corrected chi connectivity index (χ0v) is 16.2. The molecule has 1 aromatic carbocycles. The minimum absolute atomic E-state index is 0.562. The number of pyridine rings is 1. The van der Waals surface area contributed by atoms with Gasteiger partial charge in [-0.15, -0.1) is 0 Å². The summed E-state index contributed by atoms with van der Waals surface area (Å²) in [7, 11) is 0. The average Bonchev–Trinajstić information content (AvgIpc) is 3.19. The summed E-state index contributed by atoms with van der Waals surface area (Å²) >= 11 is 0. The van der Waals surface area contributed by atoms with Gasteiger partial charge in [0.05, 0.1) is 23.1 Å². The van der Waals surface area contributed by atoms with Crippen molar-refractivity contribution in [3.63, 3.8) is 0 Å². The molecule has 2 aliphatic heterocycles. The van der Waals surface area contributed by atoms with Crippen molar-refractivity contribution in [2.45, 2.75) is 38.9 Å². The van der Waals surface area contributed by atoms with Crippen molar-refractivity contribution >= 4 is 22.4 Å². The molecule has 0 spiro atoms. The number of nitrogens with zero attached hydrogens (tertiary/aromatic N) is 4. The molecule has 0 aliphatic carbocycles. The van der Waals surface area contributed by atoms with Crippen LogP contribution in [-0.2, 0) is 13.1 Å². The maximum Gasteiger partial charge on any atom is 0.138 e. The molecule has 6 nitrogen and oxygen atoms in total. The van der Waals surface area contributed by atoms with Gasteiger partial charge in [0.2, 0.25) is 0 Å². The average molecular weight is 374 g/mol. The number of fused-ring (bicyclic) bond motifs is 2. The van der Waals surface area contributed by atoms with E-state index in [9.17, 15) is 0 Å². The number of aromatic nitrogens is 3. The van der Waals surface area contributed by atoms with Gasteiger partial charge >= 0.3 is 0 Å². The van der Waals surface area contributed by atoms with Crippen LogP contribution in [0.4, 0.5) is 11.5 Å². The molecule has 2 N–H and O–H groups in total. The minimum Gasteiger partial charge on any atom is -0.339 e. The largest absolute Gasteiger partial charge is 0.339 e. The topological polar surface area (TPSA) is 66.0 Å². The van der Waals surface area contributed by atoms with Crippen molar-refractivity contribution in [1.82, 2.24) is 25.2 Å². The van der Waals surface area contributed by atoms with Crippen LogP contribution in [-0.4, -0.2) is 39.0 Å². The first-order valence-electron chi connectivity index (χ1n) is 10.2. The Balaban J connectivity index is 1.36. The zero-order chi connectivity index (χ0) is 18.9. The Bertz CT molecular complexity index is 982. The third-order valence-corrected chi connectivity index (χ3v) is 6.24. The highest BCUT2D eigenvalue weighted by Gasteiger charge is 2.31. The predicted octanol–water partition coefficient (Wildman–Crippen LogP) is 3.47. The summed E-state index contributed by atoms with van der Waals surface area (Å²) in [6.45, 7) is 6.46. The van der Waals surface area contributed by atoms with E-state index in [1.165, 1.54) is 18.4 Å². The van der Waals surface area contributed by atoms with Crippen LogP contribution in [0.25, 0.3) is 10.9 Å². The molecule has 1 atom stereocenters. The fraction of sp³-hybridized carbons (Fsp3) is 0.409. The number of para-hydroxylation sites is 1. The fourth-order valence-electron chi connectivity index (χ4n) is 4.50. The van der Waals surface area contributed by atoms with Crippen LogP contribution in [0.1, 0.15) is 31.0 Å². The molecule has 1 saturated heterocycles. The quantitative estimate of drug-likeness (QED) is 0.729. The van der Waals surface area contributed by atoms with Gasteiger partial charge in [0.1, 0.15) is 12.1 Å². The molecule has 0 amide bonds. The van der Waals surface area contributed by atoms with Crippen LogP contribution < -0.4 is 10.6 Å². The van der Waals surface area contributed by atoms with Gasteiger partial charge in [-0.25, -0.2) is 9.97 Å². The molecule has 1 unspecified atom stereocenters. The van der Waals surface area contributed by atoms with Crippen LogP contribution in [0.2, 0.25) is 0 Å². The molecule has 1 fully saturated rings. The second kappa shape index (κ2) is 7.45. The molecule has 6 heteroatoms. The number of hydrogen-bond donors (Lipinski definition) is 2. The number of hydrogen-bond acceptors (Lipinski definition) is 6. The number of nitrogens with one attached hydrogen (secondary N) is 2. The highest BCUT2D eigenvalue weighted by atomic mass is 15.2. The van der Waals surface area contributed by atoms with Crippen molar-refractivity contribution in [2.24, 2.45) is 5.92 Å². The first-order chi connectivity index (χ1) is 13.8. The predicted molar refractivity (Wildman–Crippen MR) is 111 cm³/mol. The lowest BCUT2D eigenvalue weighted by molar-refractivity contribution is 0.132. The Kier molecular flexibility index (Phi) is 4.66. The standard InChI is InChI=1S/C22H26N6/c1-15(16-6-8-23-9-7-16)28-12-19-21(13-28)25-14-26-22(19)27-18-10-17-4-2-3-5-20(17)24-11-18/h2-5,10-11,14-16,23H,6-9,12-13H2,1H3,(H,25,26,27). The molecule has 0 radical (unpaired) electrons. The van der Waals surface area contributed by atoms with E-state index >= 15 is 0 Å². The van der Waals surface area contributed by atoms with E-state index in [4.69, 9.17) is 0 Å². The van der Waals surface area contributed by atoms with Gasteiger partial charge in [0.15, 0.2) is 0 Å². The summed E-state index contributed by atoms with van der Waals surface area (Å²) < 4.78 is 0. The van der Waals surface area contributed by atoms with Crippen LogP contribution in [0.5, 0.6) is 0 Å². The molecule has 0 bridgehead atoms. The monoisotopic (exact) mass is 374 g/mol. The summed E-state index contributed by atoms with van der Waals surface area (Å²) in [5.41, 5.74) is 4.33. The highest BCUT2D eigenvalue weighted by Crippen LogP contribution is 2.32. The number of benzene rings is 1. The molecule has 3 aromatic rings. The number of rotatable bonds is 4. The van der Waals surface area contributed by atoms with E-state index in [1.807, 2.05) is 24.4 Å². The summed E-state index contributed by atoms with van der Waals surface area (Å²) in [5.74, 6) is 1.66. The fourth-order valence-corrected chi connectivity index (χ4v) is 4.50. The molecular weight excluding hydrogens is 348 g/mol. The van der Waals surface area contributed by atoms with Crippen molar-refractivity contribution in [3.8, 4) is 0 Å². The molecule has 28 heavy (non-hydrogen) atoms. The summed E-state index contributed by atoms with van der Waals surface area (Å²) in [6, 6.07) is 10.9. The summed E-state index contributed by atoms with van der Waals surface area (Å²) in [4.78, 5) is 16.2. The van der Waals surface area contributed by atoms with E-state index in [1.54, 1.807) is 6.33 Å². The molecule has 2 aliphatic rings. The Morgan fingerprint density at radius 1 is 1.11 bits per heavy atom. The lowest BCUT2D eigenvalue weighted by Gasteiger charge is -2.34. The van der Waals surface area contributed by atoms with Crippen molar-refractivity contribution in [2.75, 3.05) is 18.4 Å². The zero-order valence-electron chi connectivity index (χ0n) is 16.2. The van der Waals surface area contributed by atoms with E-state index in [-0.39, 0.29) is 0 Å². The van der Waals surface area contributed by atoms with Gasteiger partial charge in [-0.3, -0.25) is 9.88 Å². The summed E-state index contributed by atoms with van der Waals surface area (Å²) in [6.07, 6.45) is 6.07. The van der Waals surface area contributed by atoms with E-state index in [2.05, 4.69) is 49.5 Å². The molecule has 5 rings (SSSR count). The van der Waals surface area contributed by atoms with Crippen LogP contribution >= 0.6 is 0 Å². The van der Waals surface area contributed by atoms with Crippen molar-refractivity contribution < 1.29 is 0 Å². The molecule has 4 heterocycles. The van der Waals surface area contributed by atoms with Crippen molar-refractivity contribution in [3.05, 3.63) is 54.1 Å². The lowest BCUT2D eigenvalue weighted by Crippen LogP contribution is -2.40. The lowest BCUT2D eigenvalue weighted by atomic mass is 9.90. The third-order valence-electron chi connectivity index (χ3n) is 6.24. The summed E-state index contributed by atoms with van der Waals surface area (Å²) in [5, 5.41) is 8.08. The van der Waals surface area contributed by atoms with E-state index < -0.39 is 0 Å². The second-order valence-corrected chi connectivity index (χ2v) is 7.92. The van der Waals surface area contributed by atoms with E-state index in [0.29, 0.717) is 6.04 Å².